The van der Waals surface area contributed by atoms with Crippen LogP contribution in [-0.4, -0.2) is 4.98 Å². The van der Waals surface area contributed by atoms with Gasteiger partial charge in [0.2, 0.25) is 0 Å². The lowest BCUT2D eigenvalue weighted by molar-refractivity contribution is 0.591. The van der Waals surface area contributed by atoms with E-state index in [0.29, 0.717) is 12.2 Å². The quantitative estimate of drug-likeness (QED) is 0.602. The number of hydrogen-bond acceptors (Lipinski definition) is 2. The summed E-state index contributed by atoms with van der Waals surface area (Å²) in [5, 5.41) is 3.08. The van der Waals surface area contributed by atoms with Crippen LogP contribution in [0.4, 0.5) is 4.39 Å². The third-order valence-electron chi connectivity index (χ3n) is 2.00. The fourth-order valence-corrected chi connectivity index (χ4v) is 1.33. The fraction of sp³-hybridized carbons (Fsp3) is 0.375. The lowest BCUT2D eigenvalue weighted by Crippen LogP contribution is -2.00. The first-order valence-corrected chi connectivity index (χ1v) is 3.62. The molecule has 2 rings (SSSR count). The van der Waals surface area contributed by atoms with E-state index in [9.17, 15) is 4.39 Å². The molecule has 0 aromatic carbocycles. The summed E-state index contributed by atoms with van der Waals surface area (Å²) < 4.78 is 13.2. The molecular formula is C8H9FN2. The van der Waals surface area contributed by atoms with Gasteiger partial charge in [0.15, 0.2) is 0 Å². The van der Waals surface area contributed by atoms with Crippen LogP contribution in [0.3, 0.4) is 0 Å². The zero-order valence-electron chi connectivity index (χ0n) is 6.32. The Bertz CT molecular complexity index is 296. The van der Waals surface area contributed by atoms with Gasteiger partial charge in [-0.05, 0) is 12.5 Å². The molecule has 0 atom stereocenters. The highest BCUT2D eigenvalue weighted by Gasteiger charge is 2.16. The molecular weight excluding hydrogens is 143 g/mol. The highest BCUT2D eigenvalue weighted by molar-refractivity contribution is 5.30. The molecule has 1 aromatic rings. The topological polar surface area (TPSA) is 24.9 Å². The van der Waals surface area contributed by atoms with Crippen LogP contribution in [0.15, 0.2) is 6.20 Å². The van der Waals surface area contributed by atoms with Crippen LogP contribution in [0, 0.1) is 12.7 Å². The van der Waals surface area contributed by atoms with E-state index in [1.54, 1.807) is 13.1 Å². The van der Waals surface area contributed by atoms with Gasteiger partial charge in [0.1, 0.15) is 5.82 Å². The molecule has 1 aromatic heterocycles. The van der Waals surface area contributed by atoms with Crippen molar-refractivity contribution >= 4 is 0 Å². The summed E-state index contributed by atoms with van der Waals surface area (Å²) in [6.07, 6.45) is 1.74. The second kappa shape index (κ2) is 2.27. The van der Waals surface area contributed by atoms with Crippen molar-refractivity contribution in [3.63, 3.8) is 0 Å². The first-order chi connectivity index (χ1) is 5.29. The highest BCUT2D eigenvalue weighted by Crippen LogP contribution is 2.18. The molecule has 3 heteroatoms. The van der Waals surface area contributed by atoms with Crippen LogP contribution in [0.1, 0.15) is 16.8 Å². The average molecular weight is 152 g/mol. The Balaban J connectivity index is 2.62. The van der Waals surface area contributed by atoms with Crippen molar-refractivity contribution in [2.24, 2.45) is 0 Å². The lowest BCUT2D eigenvalue weighted by Gasteiger charge is -2.00. The minimum Gasteiger partial charge on any atom is -0.308 e. The molecule has 1 aliphatic heterocycles. The van der Waals surface area contributed by atoms with Crippen molar-refractivity contribution in [1.29, 1.82) is 0 Å². The number of fused-ring (bicyclic) bond motifs is 1. The molecule has 11 heavy (non-hydrogen) atoms. The van der Waals surface area contributed by atoms with Crippen molar-refractivity contribution in [1.82, 2.24) is 10.3 Å². The van der Waals surface area contributed by atoms with Crippen molar-refractivity contribution in [2.45, 2.75) is 20.0 Å². The SMILES string of the molecule is Cc1ncc2c(c1F)CNC2. The average Bonchev–Trinajstić information content (AvgIpc) is 2.45. The van der Waals surface area contributed by atoms with Gasteiger partial charge in [-0.1, -0.05) is 0 Å². The molecule has 0 amide bonds. The highest BCUT2D eigenvalue weighted by atomic mass is 19.1. The van der Waals surface area contributed by atoms with E-state index in [1.165, 1.54) is 0 Å². The Morgan fingerprint density at radius 1 is 1.55 bits per heavy atom. The number of hydrogen-bond donors (Lipinski definition) is 1. The molecule has 0 aliphatic carbocycles. The van der Waals surface area contributed by atoms with E-state index in [2.05, 4.69) is 10.3 Å². The summed E-state index contributed by atoms with van der Waals surface area (Å²) >= 11 is 0. The zero-order chi connectivity index (χ0) is 7.84. The van der Waals surface area contributed by atoms with Crippen LogP contribution < -0.4 is 5.32 Å². The fourth-order valence-electron chi connectivity index (χ4n) is 1.33. The van der Waals surface area contributed by atoms with Gasteiger partial charge < -0.3 is 5.32 Å². The van der Waals surface area contributed by atoms with Crippen LogP contribution in [0.5, 0.6) is 0 Å². The van der Waals surface area contributed by atoms with Gasteiger partial charge in [-0.25, -0.2) is 4.39 Å². The standard InChI is InChI=1S/C8H9FN2/c1-5-8(9)7-4-10-2-6(7)3-11-5/h3,10H,2,4H2,1H3. The monoisotopic (exact) mass is 152 g/mol. The van der Waals surface area contributed by atoms with Gasteiger partial charge in [0, 0.05) is 24.8 Å². The molecule has 0 saturated carbocycles. The largest absolute Gasteiger partial charge is 0.308 e. The molecule has 2 nitrogen and oxygen atoms in total. The lowest BCUT2D eigenvalue weighted by atomic mass is 10.1. The molecule has 0 spiro atoms. The maximum Gasteiger partial charge on any atom is 0.149 e. The number of halogens is 1. The van der Waals surface area contributed by atoms with Crippen LogP contribution in [-0.2, 0) is 13.1 Å². The summed E-state index contributed by atoms with van der Waals surface area (Å²) in [6.45, 7) is 3.08. The molecule has 0 saturated heterocycles. The van der Waals surface area contributed by atoms with E-state index in [4.69, 9.17) is 0 Å². The third-order valence-corrected chi connectivity index (χ3v) is 2.00. The molecule has 0 bridgehead atoms. The molecule has 58 valence electrons. The van der Waals surface area contributed by atoms with Crippen LogP contribution >= 0.6 is 0 Å². The normalized spacial score (nSPS) is 15.1. The first-order valence-electron chi connectivity index (χ1n) is 3.62. The Morgan fingerprint density at radius 3 is 3.18 bits per heavy atom. The molecule has 2 heterocycles. The third kappa shape index (κ3) is 0.922. The maximum absolute atomic E-state index is 13.2. The molecule has 1 aliphatic rings. The Labute approximate surface area is 64.5 Å². The first kappa shape index (κ1) is 6.73. The smallest absolute Gasteiger partial charge is 0.149 e. The molecule has 0 fully saturated rings. The van der Waals surface area contributed by atoms with Crippen LogP contribution in [0.2, 0.25) is 0 Å². The van der Waals surface area contributed by atoms with Gasteiger partial charge in [-0.15, -0.1) is 0 Å². The minimum atomic E-state index is -0.146. The predicted octanol–water partition coefficient (Wildman–Crippen LogP) is 1.13. The van der Waals surface area contributed by atoms with E-state index >= 15 is 0 Å². The van der Waals surface area contributed by atoms with Crippen molar-refractivity contribution in [2.75, 3.05) is 0 Å². The summed E-state index contributed by atoms with van der Waals surface area (Å²) in [7, 11) is 0. The number of rotatable bonds is 0. The Kier molecular flexibility index (Phi) is 1.39. The predicted molar refractivity (Wildman–Crippen MR) is 39.5 cm³/mol. The van der Waals surface area contributed by atoms with Gasteiger partial charge in [-0.2, -0.15) is 0 Å². The van der Waals surface area contributed by atoms with E-state index in [1.807, 2.05) is 0 Å². The summed E-state index contributed by atoms with van der Waals surface area (Å²) in [5.41, 5.74) is 2.28. The maximum atomic E-state index is 13.2. The van der Waals surface area contributed by atoms with Gasteiger partial charge in [-0.3, -0.25) is 4.98 Å². The van der Waals surface area contributed by atoms with E-state index in [-0.39, 0.29) is 5.82 Å². The second-order valence-corrected chi connectivity index (χ2v) is 2.76. The van der Waals surface area contributed by atoms with Gasteiger partial charge in [0.25, 0.3) is 0 Å². The van der Waals surface area contributed by atoms with Crippen molar-refractivity contribution < 1.29 is 4.39 Å². The molecule has 0 radical (unpaired) electrons. The van der Waals surface area contributed by atoms with E-state index < -0.39 is 0 Å². The number of aromatic nitrogens is 1. The van der Waals surface area contributed by atoms with Gasteiger partial charge in [0.05, 0.1) is 5.69 Å². The number of nitrogens with zero attached hydrogens (tertiary/aromatic N) is 1. The minimum absolute atomic E-state index is 0.146. The summed E-state index contributed by atoms with van der Waals surface area (Å²) in [4.78, 5) is 3.94. The van der Waals surface area contributed by atoms with Crippen LogP contribution in [0.25, 0.3) is 0 Å². The van der Waals surface area contributed by atoms with E-state index in [0.717, 1.165) is 17.7 Å². The number of pyridine rings is 1. The van der Waals surface area contributed by atoms with Gasteiger partial charge >= 0.3 is 0 Å². The summed E-state index contributed by atoms with van der Waals surface area (Å²) in [6, 6.07) is 0. The Hall–Kier alpha value is -0.960. The Morgan fingerprint density at radius 2 is 2.36 bits per heavy atom. The van der Waals surface area contributed by atoms with Crippen molar-refractivity contribution in [3.8, 4) is 0 Å². The molecule has 1 N–H and O–H groups in total. The number of aryl methyl sites for hydroxylation is 1. The molecule has 0 unspecified atom stereocenters. The zero-order valence-corrected chi connectivity index (χ0v) is 6.32. The van der Waals surface area contributed by atoms with Crippen molar-refractivity contribution in [3.05, 3.63) is 28.8 Å². The summed E-state index contributed by atoms with van der Waals surface area (Å²) in [5.74, 6) is -0.146. The number of nitrogens with one attached hydrogen (secondary N) is 1. The second-order valence-electron chi connectivity index (χ2n) is 2.76.